The molecule has 0 aliphatic carbocycles. The fraction of sp³-hybridized carbons (Fsp3) is 0.364. The summed E-state index contributed by atoms with van der Waals surface area (Å²) in [5.41, 5.74) is 1.85. The average molecular weight is 420 g/mol. The molecule has 1 amide bonds. The summed E-state index contributed by atoms with van der Waals surface area (Å²) in [4.78, 5) is 18.9. The summed E-state index contributed by atoms with van der Waals surface area (Å²) in [5.74, 6) is 0.339. The molecule has 7 heteroatoms. The SMILES string of the molecule is CC(C)(C)c1ccc(C(=O)N2CCN=C2SCc2ccc(C(F)(F)F)cc2)cc1. The van der Waals surface area contributed by atoms with Crippen LogP contribution in [-0.2, 0) is 17.3 Å². The molecule has 0 unspecified atom stereocenters. The summed E-state index contributed by atoms with van der Waals surface area (Å²) < 4.78 is 38.0. The Morgan fingerprint density at radius 2 is 1.59 bits per heavy atom. The molecule has 2 aromatic carbocycles. The van der Waals surface area contributed by atoms with Crippen LogP contribution in [0.25, 0.3) is 0 Å². The lowest BCUT2D eigenvalue weighted by molar-refractivity contribution is -0.137. The molecule has 2 aromatic rings. The number of rotatable bonds is 3. The van der Waals surface area contributed by atoms with Gasteiger partial charge in [0.1, 0.15) is 0 Å². The Labute approximate surface area is 173 Å². The number of nitrogens with zero attached hydrogens (tertiary/aromatic N) is 2. The number of carbonyl (C=O) groups is 1. The lowest BCUT2D eigenvalue weighted by atomic mass is 9.86. The fourth-order valence-electron chi connectivity index (χ4n) is 2.95. The maximum atomic E-state index is 12.9. The molecular formula is C22H23F3N2OS. The van der Waals surface area contributed by atoms with Crippen molar-refractivity contribution in [1.29, 1.82) is 0 Å². The molecule has 154 valence electrons. The highest BCUT2D eigenvalue weighted by molar-refractivity contribution is 8.13. The number of hydrogen-bond acceptors (Lipinski definition) is 3. The molecule has 0 saturated heterocycles. The fourth-order valence-corrected chi connectivity index (χ4v) is 3.95. The third-order valence-electron chi connectivity index (χ3n) is 4.69. The molecule has 3 rings (SSSR count). The number of amidine groups is 1. The number of amides is 1. The van der Waals surface area contributed by atoms with E-state index < -0.39 is 11.7 Å². The van der Waals surface area contributed by atoms with Gasteiger partial charge in [0.25, 0.3) is 5.91 Å². The van der Waals surface area contributed by atoms with Gasteiger partial charge < -0.3 is 0 Å². The lowest BCUT2D eigenvalue weighted by Crippen LogP contribution is -2.32. The monoisotopic (exact) mass is 420 g/mol. The van der Waals surface area contributed by atoms with E-state index in [1.54, 1.807) is 4.90 Å². The zero-order valence-electron chi connectivity index (χ0n) is 16.6. The molecule has 1 heterocycles. The van der Waals surface area contributed by atoms with E-state index in [2.05, 4.69) is 25.8 Å². The normalized spacial score (nSPS) is 14.8. The Hall–Kier alpha value is -2.28. The predicted octanol–water partition coefficient (Wildman–Crippen LogP) is 5.75. The van der Waals surface area contributed by atoms with E-state index in [1.807, 2.05) is 24.3 Å². The Bertz CT molecular complexity index is 898. The summed E-state index contributed by atoms with van der Waals surface area (Å²) in [5, 5.41) is 0.606. The first-order valence-electron chi connectivity index (χ1n) is 9.31. The maximum absolute atomic E-state index is 12.9. The number of aliphatic imine (C=N–C) groups is 1. The van der Waals surface area contributed by atoms with E-state index in [0.29, 0.717) is 29.6 Å². The van der Waals surface area contributed by atoms with Gasteiger partial charge in [0, 0.05) is 17.9 Å². The van der Waals surface area contributed by atoms with Gasteiger partial charge in [0.05, 0.1) is 12.1 Å². The summed E-state index contributed by atoms with van der Waals surface area (Å²) in [6.45, 7) is 7.39. The van der Waals surface area contributed by atoms with E-state index >= 15 is 0 Å². The quantitative estimate of drug-likeness (QED) is 0.634. The molecule has 0 N–H and O–H groups in total. The second-order valence-electron chi connectivity index (χ2n) is 7.93. The number of alkyl halides is 3. The molecule has 0 saturated carbocycles. The van der Waals surface area contributed by atoms with Crippen LogP contribution in [-0.4, -0.2) is 29.1 Å². The zero-order valence-corrected chi connectivity index (χ0v) is 17.4. The highest BCUT2D eigenvalue weighted by Gasteiger charge is 2.30. The van der Waals surface area contributed by atoms with Crippen molar-refractivity contribution >= 4 is 22.8 Å². The number of halogens is 3. The number of carbonyl (C=O) groups excluding carboxylic acids is 1. The minimum absolute atomic E-state index is 0.0132. The van der Waals surface area contributed by atoms with Crippen LogP contribution in [0.15, 0.2) is 53.5 Å². The van der Waals surface area contributed by atoms with Crippen LogP contribution in [0.3, 0.4) is 0 Å². The standard InChI is InChI=1S/C22H23F3N2OS/c1-21(2,3)17-10-6-16(7-11-17)19(28)27-13-12-26-20(27)29-14-15-4-8-18(9-5-15)22(23,24)25/h4-11H,12-14H2,1-3H3. The van der Waals surface area contributed by atoms with Crippen molar-refractivity contribution in [3.63, 3.8) is 0 Å². The highest BCUT2D eigenvalue weighted by Crippen LogP contribution is 2.30. The maximum Gasteiger partial charge on any atom is 0.416 e. The number of hydrogen-bond donors (Lipinski definition) is 0. The second-order valence-corrected chi connectivity index (χ2v) is 8.87. The van der Waals surface area contributed by atoms with Crippen LogP contribution in [0, 0.1) is 0 Å². The Kier molecular flexibility index (Phi) is 6.08. The van der Waals surface area contributed by atoms with Gasteiger partial charge in [0.15, 0.2) is 5.17 Å². The molecule has 0 radical (unpaired) electrons. The molecule has 0 atom stereocenters. The van der Waals surface area contributed by atoms with E-state index in [9.17, 15) is 18.0 Å². The van der Waals surface area contributed by atoms with E-state index in [4.69, 9.17) is 0 Å². The van der Waals surface area contributed by atoms with E-state index in [0.717, 1.165) is 23.3 Å². The minimum atomic E-state index is -4.34. The van der Waals surface area contributed by atoms with Crippen molar-refractivity contribution in [1.82, 2.24) is 4.90 Å². The van der Waals surface area contributed by atoms with Crippen molar-refractivity contribution in [2.24, 2.45) is 4.99 Å². The lowest BCUT2D eigenvalue weighted by Gasteiger charge is -2.21. The Morgan fingerprint density at radius 3 is 2.14 bits per heavy atom. The van der Waals surface area contributed by atoms with E-state index in [-0.39, 0.29) is 11.3 Å². The predicted molar refractivity (Wildman–Crippen MR) is 111 cm³/mol. The Balaban J connectivity index is 1.64. The van der Waals surface area contributed by atoms with Crippen LogP contribution < -0.4 is 0 Å². The molecule has 0 fully saturated rings. The largest absolute Gasteiger partial charge is 0.416 e. The van der Waals surface area contributed by atoms with Crippen molar-refractivity contribution in [3.8, 4) is 0 Å². The average Bonchev–Trinajstić information content (AvgIpc) is 3.13. The van der Waals surface area contributed by atoms with Gasteiger partial charge in [-0.2, -0.15) is 13.2 Å². The molecule has 1 aliphatic heterocycles. The third-order valence-corrected chi connectivity index (χ3v) is 5.78. The molecule has 1 aliphatic rings. The van der Waals surface area contributed by atoms with E-state index in [1.165, 1.54) is 23.9 Å². The minimum Gasteiger partial charge on any atom is -0.286 e. The van der Waals surface area contributed by atoms with Crippen molar-refractivity contribution < 1.29 is 18.0 Å². The first-order chi connectivity index (χ1) is 13.6. The van der Waals surface area contributed by atoms with Crippen LogP contribution in [0.2, 0.25) is 0 Å². The van der Waals surface area contributed by atoms with Gasteiger partial charge in [0.2, 0.25) is 0 Å². The highest BCUT2D eigenvalue weighted by atomic mass is 32.2. The van der Waals surface area contributed by atoms with Gasteiger partial charge in [-0.15, -0.1) is 0 Å². The van der Waals surface area contributed by atoms with Crippen molar-refractivity contribution in [2.75, 3.05) is 13.1 Å². The molecule has 3 nitrogen and oxygen atoms in total. The molecule has 0 bridgehead atoms. The van der Waals surface area contributed by atoms with Crippen molar-refractivity contribution in [3.05, 3.63) is 70.8 Å². The van der Waals surface area contributed by atoms with Gasteiger partial charge in [-0.3, -0.25) is 14.7 Å². The summed E-state index contributed by atoms with van der Waals surface area (Å²) in [7, 11) is 0. The van der Waals surface area contributed by atoms with Crippen LogP contribution in [0.4, 0.5) is 13.2 Å². The number of benzene rings is 2. The summed E-state index contributed by atoms with van der Waals surface area (Å²) >= 11 is 1.36. The first kappa shape index (κ1) is 21.4. The van der Waals surface area contributed by atoms with Crippen LogP contribution in [0.1, 0.15) is 47.8 Å². The number of thioether (sulfide) groups is 1. The summed E-state index contributed by atoms with van der Waals surface area (Å²) in [6, 6.07) is 12.7. The molecule has 29 heavy (non-hydrogen) atoms. The molecule has 0 aromatic heterocycles. The van der Waals surface area contributed by atoms with Gasteiger partial charge in [-0.1, -0.05) is 56.8 Å². The smallest absolute Gasteiger partial charge is 0.286 e. The summed E-state index contributed by atoms with van der Waals surface area (Å²) in [6.07, 6.45) is -4.34. The third kappa shape index (κ3) is 5.21. The van der Waals surface area contributed by atoms with Crippen molar-refractivity contribution in [2.45, 2.75) is 38.1 Å². The second kappa shape index (κ2) is 8.22. The first-order valence-corrected chi connectivity index (χ1v) is 10.3. The zero-order chi connectivity index (χ0) is 21.2. The van der Waals surface area contributed by atoms with Gasteiger partial charge in [-0.05, 0) is 40.8 Å². The molecular weight excluding hydrogens is 397 g/mol. The van der Waals surface area contributed by atoms with Gasteiger partial charge in [-0.25, -0.2) is 0 Å². The van der Waals surface area contributed by atoms with Crippen LogP contribution >= 0.6 is 11.8 Å². The Morgan fingerprint density at radius 1 is 1.00 bits per heavy atom. The van der Waals surface area contributed by atoms with Crippen LogP contribution in [0.5, 0.6) is 0 Å². The molecule has 0 spiro atoms. The topological polar surface area (TPSA) is 32.7 Å². The van der Waals surface area contributed by atoms with Gasteiger partial charge >= 0.3 is 6.18 Å².